The summed E-state index contributed by atoms with van der Waals surface area (Å²) in [7, 11) is 0. The lowest BCUT2D eigenvalue weighted by molar-refractivity contribution is 1.07. The van der Waals surface area contributed by atoms with E-state index in [4.69, 9.17) is 15.0 Å². The van der Waals surface area contributed by atoms with Gasteiger partial charge in [-0.15, -0.1) is 0 Å². The summed E-state index contributed by atoms with van der Waals surface area (Å²) in [5.74, 6) is 1.91. The molecule has 252 valence electrons. The molecule has 1 heterocycles. The second-order valence-corrected chi connectivity index (χ2v) is 13.6. The molecule has 0 unspecified atom stereocenters. The number of hydrogen-bond donors (Lipinski definition) is 0. The minimum Gasteiger partial charge on any atom is -0.208 e. The van der Waals surface area contributed by atoms with E-state index in [1.165, 1.54) is 49.0 Å². The number of hydrogen-bond acceptors (Lipinski definition) is 3. The SMILES string of the molecule is c1ccc(-c2ccc(-c3nc(-c4ccc(-c5ccccc5)cc4)nc(-c4ccc(-c5c6ccccc6cc6c5ccc5ccccc56)cc4)n3)cc2)cc1. The topological polar surface area (TPSA) is 38.7 Å². The van der Waals surface area contributed by atoms with Crippen LogP contribution in [0.3, 0.4) is 0 Å². The summed E-state index contributed by atoms with van der Waals surface area (Å²) in [5.41, 5.74) is 9.83. The van der Waals surface area contributed by atoms with Gasteiger partial charge in [0, 0.05) is 16.7 Å². The monoisotopic (exact) mass is 687 g/mol. The molecule has 0 fully saturated rings. The first-order chi connectivity index (χ1) is 26.7. The Bertz CT molecular complexity index is 2840. The van der Waals surface area contributed by atoms with Gasteiger partial charge >= 0.3 is 0 Å². The lowest BCUT2D eigenvalue weighted by Gasteiger charge is -2.14. The molecule has 9 aromatic carbocycles. The second kappa shape index (κ2) is 13.4. The Hall–Kier alpha value is -7.23. The molecule has 0 saturated carbocycles. The highest BCUT2D eigenvalue weighted by molar-refractivity contribution is 6.20. The van der Waals surface area contributed by atoms with E-state index in [0.29, 0.717) is 17.5 Å². The average Bonchev–Trinajstić information content (AvgIpc) is 3.26. The Morgan fingerprint density at radius 1 is 0.222 bits per heavy atom. The van der Waals surface area contributed by atoms with Gasteiger partial charge in [-0.3, -0.25) is 0 Å². The van der Waals surface area contributed by atoms with Crippen molar-refractivity contribution in [3.8, 4) is 67.5 Å². The van der Waals surface area contributed by atoms with Crippen molar-refractivity contribution in [2.75, 3.05) is 0 Å². The van der Waals surface area contributed by atoms with Crippen molar-refractivity contribution in [3.05, 3.63) is 200 Å². The van der Waals surface area contributed by atoms with Gasteiger partial charge in [-0.25, -0.2) is 15.0 Å². The Balaban J connectivity index is 1.09. The minimum atomic E-state index is 0.634. The minimum absolute atomic E-state index is 0.634. The van der Waals surface area contributed by atoms with Crippen LogP contribution in [0.2, 0.25) is 0 Å². The largest absolute Gasteiger partial charge is 0.208 e. The van der Waals surface area contributed by atoms with Crippen LogP contribution in [0.25, 0.3) is 99.9 Å². The van der Waals surface area contributed by atoms with Crippen LogP contribution >= 0.6 is 0 Å². The summed E-state index contributed by atoms with van der Waals surface area (Å²) in [4.78, 5) is 15.2. The number of aromatic nitrogens is 3. The average molecular weight is 688 g/mol. The highest BCUT2D eigenvalue weighted by Gasteiger charge is 2.16. The van der Waals surface area contributed by atoms with Gasteiger partial charge in [-0.1, -0.05) is 194 Å². The third-order valence-electron chi connectivity index (χ3n) is 10.3. The molecule has 0 radical (unpaired) electrons. The summed E-state index contributed by atoms with van der Waals surface area (Å²) in [6, 6.07) is 70.6. The first-order valence-electron chi connectivity index (χ1n) is 18.3. The number of nitrogens with zero attached hydrogens (tertiary/aromatic N) is 3. The Labute approximate surface area is 313 Å². The van der Waals surface area contributed by atoms with E-state index in [1.54, 1.807) is 0 Å². The maximum absolute atomic E-state index is 5.08. The van der Waals surface area contributed by atoms with E-state index in [1.807, 2.05) is 12.1 Å². The molecule has 0 aliphatic heterocycles. The van der Waals surface area contributed by atoms with Gasteiger partial charge in [0.1, 0.15) is 0 Å². The molecule has 10 aromatic rings. The molecule has 10 rings (SSSR count). The maximum atomic E-state index is 5.08. The molecular weight excluding hydrogens is 655 g/mol. The summed E-state index contributed by atoms with van der Waals surface area (Å²) in [6.07, 6.45) is 0. The van der Waals surface area contributed by atoms with E-state index in [9.17, 15) is 0 Å². The van der Waals surface area contributed by atoms with E-state index in [-0.39, 0.29) is 0 Å². The number of fused-ring (bicyclic) bond motifs is 4. The van der Waals surface area contributed by atoms with Crippen LogP contribution in [0.15, 0.2) is 200 Å². The molecule has 54 heavy (non-hydrogen) atoms. The van der Waals surface area contributed by atoms with Crippen molar-refractivity contribution in [2.24, 2.45) is 0 Å². The fraction of sp³-hybridized carbons (Fsp3) is 0. The summed E-state index contributed by atoms with van der Waals surface area (Å²) in [5, 5.41) is 7.46. The lowest BCUT2D eigenvalue weighted by atomic mass is 9.89. The molecular formula is C51H33N3. The number of rotatable bonds is 6. The molecule has 0 amide bonds. The molecule has 0 aliphatic carbocycles. The van der Waals surface area contributed by atoms with Crippen molar-refractivity contribution < 1.29 is 0 Å². The second-order valence-electron chi connectivity index (χ2n) is 13.6. The van der Waals surface area contributed by atoms with Crippen LogP contribution < -0.4 is 0 Å². The zero-order chi connectivity index (χ0) is 35.8. The first kappa shape index (κ1) is 31.5. The molecule has 0 atom stereocenters. The van der Waals surface area contributed by atoms with E-state index in [0.717, 1.165) is 33.4 Å². The van der Waals surface area contributed by atoms with Crippen LogP contribution in [0.1, 0.15) is 0 Å². The van der Waals surface area contributed by atoms with Gasteiger partial charge in [0.25, 0.3) is 0 Å². The van der Waals surface area contributed by atoms with Crippen LogP contribution in [-0.4, -0.2) is 15.0 Å². The standard InChI is InChI=1S/C51H33N3/c1-3-11-34(12-4-1)36-19-25-40(26-20-36)49-52-50(41-27-21-37(22-28-41)35-13-5-2-6-14-35)54-51(53-49)42-29-23-39(24-30-42)48-45-18-10-8-16-43(45)33-47-44-17-9-7-15-38(44)31-32-46(47)48/h1-33H. The summed E-state index contributed by atoms with van der Waals surface area (Å²) < 4.78 is 0. The zero-order valence-corrected chi connectivity index (χ0v) is 29.4. The Kier molecular flexibility index (Phi) is 7.81. The van der Waals surface area contributed by atoms with Gasteiger partial charge in [-0.2, -0.15) is 0 Å². The van der Waals surface area contributed by atoms with Crippen LogP contribution in [-0.2, 0) is 0 Å². The van der Waals surface area contributed by atoms with Crippen LogP contribution in [0.5, 0.6) is 0 Å². The van der Waals surface area contributed by atoms with Gasteiger partial charge in [0.15, 0.2) is 17.5 Å². The van der Waals surface area contributed by atoms with Crippen LogP contribution in [0, 0.1) is 0 Å². The van der Waals surface area contributed by atoms with E-state index < -0.39 is 0 Å². The van der Waals surface area contributed by atoms with E-state index >= 15 is 0 Å². The fourth-order valence-electron chi connectivity index (χ4n) is 7.57. The molecule has 0 spiro atoms. The quantitative estimate of drug-likeness (QED) is 0.129. The molecule has 0 N–H and O–H groups in total. The highest BCUT2D eigenvalue weighted by atomic mass is 15.0. The van der Waals surface area contributed by atoms with Crippen molar-refractivity contribution in [1.29, 1.82) is 0 Å². The Morgan fingerprint density at radius 2 is 0.611 bits per heavy atom. The predicted molar refractivity (Wildman–Crippen MR) is 225 cm³/mol. The van der Waals surface area contributed by atoms with Gasteiger partial charge < -0.3 is 0 Å². The summed E-state index contributed by atoms with van der Waals surface area (Å²) in [6.45, 7) is 0. The van der Waals surface area contributed by atoms with Crippen molar-refractivity contribution >= 4 is 32.3 Å². The fourth-order valence-corrected chi connectivity index (χ4v) is 7.57. The molecule has 0 saturated heterocycles. The normalized spacial score (nSPS) is 11.3. The Morgan fingerprint density at radius 3 is 1.13 bits per heavy atom. The first-order valence-corrected chi connectivity index (χ1v) is 18.3. The van der Waals surface area contributed by atoms with Crippen molar-refractivity contribution in [1.82, 2.24) is 15.0 Å². The lowest BCUT2D eigenvalue weighted by Crippen LogP contribution is -2.00. The van der Waals surface area contributed by atoms with Crippen LogP contribution in [0.4, 0.5) is 0 Å². The maximum Gasteiger partial charge on any atom is 0.164 e. The van der Waals surface area contributed by atoms with Crippen molar-refractivity contribution in [2.45, 2.75) is 0 Å². The zero-order valence-electron chi connectivity index (χ0n) is 29.4. The smallest absolute Gasteiger partial charge is 0.164 e. The van der Waals surface area contributed by atoms with Gasteiger partial charge in [0.2, 0.25) is 0 Å². The molecule has 0 aliphatic rings. The summed E-state index contributed by atoms with van der Waals surface area (Å²) >= 11 is 0. The molecule has 0 bridgehead atoms. The predicted octanol–water partition coefficient (Wildman–Crippen LogP) is 13.3. The molecule has 1 aromatic heterocycles. The third-order valence-corrected chi connectivity index (χ3v) is 10.3. The molecule has 3 nitrogen and oxygen atoms in total. The van der Waals surface area contributed by atoms with Gasteiger partial charge in [0.05, 0.1) is 0 Å². The number of benzene rings is 9. The van der Waals surface area contributed by atoms with Crippen molar-refractivity contribution in [3.63, 3.8) is 0 Å². The van der Waals surface area contributed by atoms with Gasteiger partial charge in [-0.05, 0) is 71.8 Å². The highest BCUT2D eigenvalue weighted by Crippen LogP contribution is 2.40. The van der Waals surface area contributed by atoms with E-state index in [2.05, 4.69) is 188 Å². The molecule has 3 heteroatoms. The third kappa shape index (κ3) is 5.78.